The molecule has 1 unspecified atom stereocenters. The summed E-state index contributed by atoms with van der Waals surface area (Å²) in [6.45, 7) is 6.66. The molecule has 0 saturated heterocycles. The molecule has 1 aromatic carbocycles. The third-order valence-electron chi connectivity index (χ3n) is 2.57. The summed E-state index contributed by atoms with van der Waals surface area (Å²) < 4.78 is 5.58. The molecule has 4 nitrogen and oxygen atoms in total. The maximum Gasteiger partial charge on any atom is 0.218 e. The molecule has 0 spiro atoms. The van der Waals surface area contributed by atoms with Crippen molar-refractivity contribution >= 4 is 5.91 Å². The summed E-state index contributed by atoms with van der Waals surface area (Å²) in [6, 6.07) is 8.17. The highest BCUT2D eigenvalue weighted by Crippen LogP contribution is 2.18. The summed E-state index contributed by atoms with van der Waals surface area (Å²) in [4.78, 5) is 10.6. The highest BCUT2D eigenvalue weighted by molar-refractivity contribution is 5.73. The zero-order chi connectivity index (χ0) is 13.5. The smallest absolute Gasteiger partial charge is 0.218 e. The Morgan fingerprint density at radius 2 is 1.89 bits per heavy atom. The van der Waals surface area contributed by atoms with Crippen LogP contribution in [0.2, 0.25) is 0 Å². The van der Waals surface area contributed by atoms with Gasteiger partial charge in [0.15, 0.2) is 0 Å². The number of ether oxygens (including phenoxy) is 1. The molecule has 0 bridgehead atoms. The molecule has 18 heavy (non-hydrogen) atoms. The number of nitrogens with one attached hydrogen (secondary N) is 1. The van der Waals surface area contributed by atoms with Gasteiger partial charge in [-0.3, -0.25) is 4.79 Å². The summed E-state index contributed by atoms with van der Waals surface area (Å²) in [5.74, 6) is 0.591. The van der Waals surface area contributed by atoms with Crippen molar-refractivity contribution in [2.45, 2.75) is 39.3 Å². The van der Waals surface area contributed by atoms with E-state index in [2.05, 4.69) is 12.2 Å². The molecule has 3 N–H and O–H groups in total. The van der Waals surface area contributed by atoms with Gasteiger partial charge in [-0.15, -0.1) is 0 Å². The minimum Gasteiger partial charge on any atom is -0.491 e. The van der Waals surface area contributed by atoms with E-state index in [1.165, 1.54) is 0 Å². The fourth-order valence-electron chi connectivity index (χ4n) is 1.64. The number of hydrogen-bond donors (Lipinski definition) is 2. The van der Waals surface area contributed by atoms with Crippen molar-refractivity contribution in [3.05, 3.63) is 29.8 Å². The van der Waals surface area contributed by atoms with E-state index >= 15 is 0 Å². The first-order chi connectivity index (χ1) is 8.49. The summed E-state index contributed by atoms with van der Waals surface area (Å²) in [5, 5.41) is 3.25. The summed E-state index contributed by atoms with van der Waals surface area (Å²) in [6.07, 6.45) is 0.542. The van der Waals surface area contributed by atoms with E-state index in [4.69, 9.17) is 10.5 Å². The van der Waals surface area contributed by atoms with Crippen molar-refractivity contribution in [3.63, 3.8) is 0 Å². The van der Waals surface area contributed by atoms with E-state index in [1.54, 1.807) is 0 Å². The first-order valence-electron chi connectivity index (χ1n) is 6.27. The number of carbonyl (C=O) groups is 1. The highest BCUT2D eigenvalue weighted by atomic mass is 16.5. The standard InChI is InChI=1S/C14H22N2O2/c1-10(2)18-13-6-4-12(5-7-13)11(3)16-9-8-14(15)17/h4-7,10-11,16H,8-9H2,1-3H3,(H2,15,17). The molecule has 0 aromatic heterocycles. The Bertz CT molecular complexity index is 374. The molecule has 0 heterocycles. The number of hydrogen-bond acceptors (Lipinski definition) is 3. The van der Waals surface area contributed by atoms with E-state index in [0.29, 0.717) is 13.0 Å². The average Bonchev–Trinajstić information content (AvgIpc) is 2.28. The van der Waals surface area contributed by atoms with Crippen LogP contribution in [0.3, 0.4) is 0 Å². The van der Waals surface area contributed by atoms with E-state index in [1.807, 2.05) is 38.1 Å². The van der Waals surface area contributed by atoms with Crippen LogP contribution in [0.15, 0.2) is 24.3 Å². The van der Waals surface area contributed by atoms with Crippen molar-refractivity contribution < 1.29 is 9.53 Å². The van der Waals surface area contributed by atoms with Gasteiger partial charge >= 0.3 is 0 Å². The van der Waals surface area contributed by atoms with Gasteiger partial charge in [-0.1, -0.05) is 12.1 Å². The number of amides is 1. The summed E-state index contributed by atoms with van der Waals surface area (Å²) in [5.41, 5.74) is 6.25. The number of carbonyl (C=O) groups excluding carboxylic acids is 1. The third-order valence-corrected chi connectivity index (χ3v) is 2.57. The van der Waals surface area contributed by atoms with Crippen molar-refractivity contribution in [1.82, 2.24) is 5.32 Å². The van der Waals surface area contributed by atoms with Crippen LogP contribution in [0.4, 0.5) is 0 Å². The maximum atomic E-state index is 10.6. The fraction of sp³-hybridized carbons (Fsp3) is 0.500. The molecular weight excluding hydrogens is 228 g/mol. The quantitative estimate of drug-likeness (QED) is 0.778. The van der Waals surface area contributed by atoms with Gasteiger partial charge in [-0.2, -0.15) is 0 Å². The first-order valence-corrected chi connectivity index (χ1v) is 6.27. The molecule has 1 amide bonds. The predicted molar refractivity (Wildman–Crippen MR) is 72.4 cm³/mol. The third kappa shape index (κ3) is 5.19. The Labute approximate surface area is 109 Å². The molecular formula is C14H22N2O2. The number of rotatable bonds is 7. The molecule has 0 aliphatic carbocycles. The Kier molecular flexibility index (Phi) is 5.65. The van der Waals surface area contributed by atoms with E-state index in [0.717, 1.165) is 11.3 Å². The number of nitrogens with two attached hydrogens (primary N) is 1. The van der Waals surface area contributed by atoms with Crippen molar-refractivity contribution in [3.8, 4) is 5.75 Å². The normalized spacial score (nSPS) is 12.4. The lowest BCUT2D eigenvalue weighted by Crippen LogP contribution is -2.24. The fourth-order valence-corrected chi connectivity index (χ4v) is 1.64. The van der Waals surface area contributed by atoms with Gasteiger partial charge in [-0.05, 0) is 38.5 Å². The zero-order valence-corrected chi connectivity index (χ0v) is 11.3. The zero-order valence-electron chi connectivity index (χ0n) is 11.3. The topological polar surface area (TPSA) is 64.3 Å². The summed E-state index contributed by atoms with van der Waals surface area (Å²) in [7, 11) is 0. The maximum absolute atomic E-state index is 10.6. The monoisotopic (exact) mass is 250 g/mol. The van der Waals surface area contributed by atoms with Crippen LogP contribution in [0.5, 0.6) is 5.75 Å². The summed E-state index contributed by atoms with van der Waals surface area (Å²) >= 11 is 0. The van der Waals surface area contributed by atoms with Gasteiger partial charge in [0.05, 0.1) is 6.10 Å². The Hall–Kier alpha value is -1.55. The molecule has 4 heteroatoms. The molecule has 100 valence electrons. The Morgan fingerprint density at radius 3 is 2.39 bits per heavy atom. The van der Waals surface area contributed by atoms with Gasteiger partial charge in [0.1, 0.15) is 5.75 Å². The second kappa shape index (κ2) is 7.01. The van der Waals surface area contributed by atoms with Gasteiger partial charge in [0, 0.05) is 19.0 Å². The van der Waals surface area contributed by atoms with E-state index < -0.39 is 0 Å². The van der Waals surface area contributed by atoms with Crippen LogP contribution in [-0.2, 0) is 4.79 Å². The molecule has 1 atom stereocenters. The van der Waals surface area contributed by atoms with Crippen LogP contribution < -0.4 is 15.8 Å². The van der Waals surface area contributed by atoms with Crippen molar-refractivity contribution in [2.24, 2.45) is 5.73 Å². The number of primary amides is 1. The van der Waals surface area contributed by atoms with Crippen molar-refractivity contribution in [2.75, 3.05) is 6.54 Å². The van der Waals surface area contributed by atoms with Crippen LogP contribution in [-0.4, -0.2) is 18.6 Å². The van der Waals surface area contributed by atoms with Crippen molar-refractivity contribution in [1.29, 1.82) is 0 Å². The Morgan fingerprint density at radius 1 is 1.28 bits per heavy atom. The molecule has 0 radical (unpaired) electrons. The lowest BCUT2D eigenvalue weighted by molar-refractivity contribution is -0.117. The number of benzene rings is 1. The molecule has 0 saturated carbocycles. The van der Waals surface area contributed by atoms with Crippen LogP contribution in [0.25, 0.3) is 0 Å². The lowest BCUT2D eigenvalue weighted by Gasteiger charge is -2.15. The Balaban J connectivity index is 2.48. The molecule has 0 fully saturated rings. The van der Waals surface area contributed by atoms with Gasteiger partial charge < -0.3 is 15.8 Å². The minimum absolute atomic E-state index is 0.182. The SMILES string of the molecule is CC(C)Oc1ccc(C(C)NCCC(N)=O)cc1. The lowest BCUT2D eigenvalue weighted by atomic mass is 10.1. The molecule has 1 rings (SSSR count). The average molecular weight is 250 g/mol. The minimum atomic E-state index is -0.282. The van der Waals surface area contributed by atoms with E-state index in [-0.39, 0.29) is 18.1 Å². The van der Waals surface area contributed by atoms with Gasteiger partial charge in [-0.25, -0.2) is 0 Å². The van der Waals surface area contributed by atoms with Crippen LogP contribution in [0.1, 0.15) is 38.8 Å². The largest absolute Gasteiger partial charge is 0.491 e. The van der Waals surface area contributed by atoms with Gasteiger partial charge in [0.25, 0.3) is 0 Å². The van der Waals surface area contributed by atoms with E-state index in [9.17, 15) is 4.79 Å². The van der Waals surface area contributed by atoms with Crippen LogP contribution >= 0.6 is 0 Å². The molecule has 0 aliphatic heterocycles. The molecule has 1 aromatic rings. The van der Waals surface area contributed by atoms with Crippen LogP contribution in [0, 0.1) is 0 Å². The second-order valence-corrected chi connectivity index (χ2v) is 4.63. The van der Waals surface area contributed by atoms with Gasteiger partial charge in [0.2, 0.25) is 5.91 Å². The molecule has 0 aliphatic rings. The first kappa shape index (κ1) is 14.5. The predicted octanol–water partition coefficient (Wildman–Crippen LogP) is 2.00. The second-order valence-electron chi connectivity index (χ2n) is 4.63. The highest BCUT2D eigenvalue weighted by Gasteiger charge is 2.05.